The number of esters is 1. The van der Waals surface area contributed by atoms with Gasteiger partial charge in [-0.1, -0.05) is 30.3 Å². The van der Waals surface area contributed by atoms with Gasteiger partial charge in [-0.05, 0) is 43.7 Å². The fourth-order valence-electron chi connectivity index (χ4n) is 4.00. The Balaban J connectivity index is 1.82. The molecule has 0 aromatic heterocycles. The zero-order valence-corrected chi connectivity index (χ0v) is 18.0. The summed E-state index contributed by atoms with van der Waals surface area (Å²) in [5.74, 6) is -0.595. The van der Waals surface area contributed by atoms with Gasteiger partial charge in [-0.15, -0.1) is 0 Å². The molecule has 0 radical (unpaired) electrons. The maximum Gasteiger partial charge on any atom is 0.338 e. The highest BCUT2D eigenvalue weighted by atomic mass is 32.2. The molecule has 0 saturated carbocycles. The third-order valence-electron chi connectivity index (χ3n) is 5.35. The first-order valence-electron chi connectivity index (χ1n) is 9.97. The van der Waals surface area contributed by atoms with E-state index in [-0.39, 0.29) is 19.1 Å². The fourth-order valence-corrected chi connectivity index (χ4v) is 4.57. The fraction of sp³-hybridized carbons (Fsp3) is 0.217. The van der Waals surface area contributed by atoms with E-state index in [1.54, 1.807) is 66.4 Å². The van der Waals surface area contributed by atoms with E-state index in [0.717, 1.165) is 11.1 Å². The Hall–Kier alpha value is -3.23. The van der Waals surface area contributed by atoms with Crippen LogP contribution < -0.4 is 9.21 Å². The van der Waals surface area contributed by atoms with Crippen LogP contribution in [-0.2, 0) is 22.5 Å². The normalized spacial score (nSPS) is 13.5. The summed E-state index contributed by atoms with van der Waals surface area (Å²) in [6, 6.07) is 15.6. The van der Waals surface area contributed by atoms with E-state index in [4.69, 9.17) is 4.74 Å². The number of hydrogen-bond acceptors (Lipinski definition) is 5. The molecule has 8 heteroatoms. The number of amides is 1. The standard InChI is InChI=1S/C23H22N2O5S/c1-3-24-20-13-12-19(17-10-7-11-18(21(17)20)22(24)26)25(31(28)29)14-15-8-5-6-9-16(15)23(27)30-4-2/h5-13H,3-4,14H2,1-2H3,(H,28,29)/p-1. The van der Waals surface area contributed by atoms with E-state index in [1.165, 1.54) is 4.31 Å². The average molecular weight is 437 g/mol. The van der Waals surface area contributed by atoms with E-state index < -0.39 is 17.2 Å². The summed E-state index contributed by atoms with van der Waals surface area (Å²) in [5.41, 5.74) is 2.61. The third kappa shape index (κ3) is 3.58. The molecule has 1 aliphatic heterocycles. The minimum atomic E-state index is -2.62. The Kier molecular flexibility index (Phi) is 5.75. The van der Waals surface area contributed by atoms with Gasteiger partial charge in [0.25, 0.3) is 5.91 Å². The van der Waals surface area contributed by atoms with E-state index >= 15 is 0 Å². The smallest absolute Gasteiger partial charge is 0.338 e. The zero-order valence-electron chi connectivity index (χ0n) is 17.2. The van der Waals surface area contributed by atoms with Crippen LogP contribution in [0.1, 0.15) is 40.1 Å². The number of carbonyl (C=O) groups is 2. The number of hydrogen-bond donors (Lipinski definition) is 0. The van der Waals surface area contributed by atoms with Crippen LogP contribution in [0.15, 0.2) is 54.6 Å². The lowest BCUT2D eigenvalue weighted by Gasteiger charge is -2.28. The number of carbonyl (C=O) groups excluding carboxylic acids is 2. The van der Waals surface area contributed by atoms with Gasteiger partial charge in [0.15, 0.2) is 0 Å². The first-order valence-corrected chi connectivity index (χ1v) is 11.0. The molecule has 7 nitrogen and oxygen atoms in total. The van der Waals surface area contributed by atoms with Gasteiger partial charge in [0, 0.05) is 34.1 Å². The predicted molar refractivity (Wildman–Crippen MR) is 119 cm³/mol. The topological polar surface area (TPSA) is 90.0 Å². The molecule has 0 bridgehead atoms. The minimum absolute atomic E-state index is 0.0464. The lowest BCUT2D eigenvalue weighted by molar-refractivity contribution is 0.0525. The molecule has 3 aromatic rings. The average Bonchev–Trinajstić information content (AvgIpc) is 3.05. The monoisotopic (exact) mass is 437 g/mol. The van der Waals surface area contributed by atoms with Gasteiger partial charge in [0.2, 0.25) is 0 Å². The molecule has 160 valence electrons. The van der Waals surface area contributed by atoms with Gasteiger partial charge in [0.1, 0.15) is 0 Å². The number of benzene rings is 3. The van der Waals surface area contributed by atoms with Crippen LogP contribution in [0.2, 0.25) is 0 Å². The Morgan fingerprint density at radius 3 is 2.58 bits per heavy atom. The van der Waals surface area contributed by atoms with Crippen LogP contribution in [0.3, 0.4) is 0 Å². The van der Waals surface area contributed by atoms with E-state index in [0.29, 0.717) is 34.3 Å². The van der Waals surface area contributed by atoms with Crippen molar-refractivity contribution in [3.05, 3.63) is 71.3 Å². The van der Waals surface area contributed by atoms with Crippen molar-refractivity contribution in [3.63, 3.8) is 0 Å². The van der Waals surface area contributed by atoms with Gasteiger partial charge in [0.05, 0.1) is 30.1 Å². The largest absolute Gasteiger partial charge is 0.755 e. The first-order chi connectivity index (χ1) is 15.0. The molecule has 0 spiro atoms. The second-order valence-electron chi connectivity index (χ2n) is 7.01. The molecule has 0 aliphatic carbocycles. The number of ether oxygens (including phenoxy) is 1. The summed E-state index contributed by atoms with van der Waals surface area (Å²) in [6.07, 6.45) is 0. The quantitative estimate of drug-likeness (QED) is 0.414. The Labute approximate surface area is 182 Å². The zero-order chi connectivity index (χ0) is 22.1. The van der Waals surface area contributed by atoms with Crippen molar-refractivity contribution in [1.29, 1.82) is 0 Å². The summed E-state index contributed by atoms with van der Waals surface area (Å²) in [7, 11) is 0. The molecular weight excluding hydrogens is 416 g/mol. The highest BCUT2D eigenvalue weighted by Gasteiger charge is 2.30. The lowest BCUT2D eigenvalue weighted by atomic mass is 10.0. The summed E-state index contributed by atoms with van der Waals surface area (Å²) in [5, 5.41) is 1.40. The van der Waals surface area contributed by atoms with Crippen molar-refractivity contribution in [3.8, 4) is 0 Å². The summed E-state index contributed by atoms with van der Waals surface area (Å²) in [6.45, 7) is 4.31. The van der Waals surface area contributed by atoms with Gasteiger partial charge in [-0.25, -0.2) is 4.79 Å². The molecule has 0 N–H and O–H groups in total. The van der Waals surface area contributed by atoms with Crippen LogP contribution in [0.5, 0.6) is 0 Å². The Morgan fingerprint density at radius 2 is 1.87 bits per heavy atom. The molecule has 31 heavy (non-hydrogen) atoms. The molecule has 4 rings (SSSR count). The van der Waals surface area contributed by atoms with E-state index in [1.807, 2.05) is 6.92 Å². The van der Waals surface area contributed by atoms with Crippen LogP contribution in [0.4, 0.5) is 11.4 Å². The first kappa shape index (κ1) is 21.0. The molecule has 1 heterocycles. The molecule has 0 saturated heterocycles. The van der Waals surface area contributed by atoms with Crippen molar-refractivity contribution in [2.75, 3.05) is 22.4 Å². The van der Waals surface area contributed by atoms with Gasteiger partial charge < -0.3 is 14.2 Å². The van der Waals surface area contributed by atoms with Crippen LogP contribution in [-0.4, -0.2) is 33.8 Å². The number of anilines is 2. The molecular formula is C23H21N2O5S-. The van der Waals surface area contributed by atoms with Gasteiger partial charge in [-0.2, -0.15) is 0 Å². The predicted octanol–water partition coefficient (Wildman–Crippen LogP) is 3.80. The van der Waals surface area contributed by atoms with Crippen molar-refractivity contribution < 1.29 is 23.1 Å². The Bertz CT molecular complexity index is 1210. The third-order valence-corrected chi connectivity index (χ3v) is 6.04. The number of nitrogens with zero attached hydrogens (tertiary/aromatic N) is 2. The SMILES string of the molecule is CCOC(=O)c1ccccc1CN(c1ccc2c3c(cccc13)C(=O)N2CC)S(=O)[O-]. The molecule has 1 atom stereocenters. The van der Waals surface area contributed by atoms with Crippen LogP contribution >= 0.6 is 0 Å². The van der Waals surface area contributed by atoms with Crippen molar-refractivity contribution in [2.45, 2.75) is 20.4 Å². The van der Waals surface area contributed by atoms with Gasteiger partial charge >= 0.3 is 5.97 Å². The summed E-state index contributed by atoms with van der Waals surface area (Å²) in [4.78, 5) is 26.7. The molecule has 1 amide bonds. The molecule has 3 aromatic carbocycles. The number of rotatable bonds is 7. The highest BCUT2D eigenvalue weighted by Crippen LogP contribution is 2.42. The van der Waals surface area contributed by atoms with E-state index in [2.05, 4.69) is 0 Å². The highest BCUT2D eigenvalue weighted by molar-refractivity contribution is 7.80. The second kappa shape index (κ2) is 8.49. The van der Waals surface area contributed by atoms with Gasteiger partial charge in [-0.3, -0.25) is 13.3 Å². The summed E-state index contributed by atoms with van der Waals surface area (Å²) >= 11 is -2.62. The maximum atomic E-state index is 12.7. The lowest BCUT2D eigenvalue weighted by Crippen LogP contribution is -2.27. The maximum absolute atomic E-state index is 12.7. The van der Waals surface area contributed by atoms with Crippen LogP contribution in [0, 0.1) is 0 Å². The summed E-state index contributed by atoms with van der Waals surface area (Å²) < 4.78 is 30.8. The van der Waals surface area contributed by atoms with Crippen molar-refractivity contribution >= 4 is 45.3 Å². The molecule has 0 fully saturated rings. The minimum Gasteiger partial charge on any atom is -0.755 e. The van der Waals surface area contributed by atoms with Crippen molar-refractivity contribution in [1.82, 2.24) is 0 Å². The molecule has 1 aliphatic rings. The second-order valence-corrected chi connectivity index (χ2v) is 7.89. The molecule has 1 unspecified atom stereocenters. The van der Waals surface area contributed by atoms with Crippen molar-refractivity contribution in [2.24, 2.45) is 0 Å². The van der Waals surface area contributed by atoms with E-state index in [9.17, 15) is 18.4 Å². The van der Waals surface area contributed by atoms with Crippen LogP contribution in [0.25, 0.3) is 10.8 Å². The Morgan fingerprint density at radius 1 is 1.10 bits per heavy atom.